The van der Waals surface area contributed by atoms with Gasteiger partial charge in [0.2, 0.25) is 0 Å². The lowest BCUT2D eigenvalue weighted by molar-refractivity contribution is 0.0346. The summed E-state index contributed by atoms with van der Waals surface area (Å²) in [4.78, 5) is 29.1. The van der Waals surface area contributed by atoms with Crippen LogP contribution in [0.5, 0.6) is 0 Å². The first kappa shape index (κ1) is 19.4. The molecule has 2 aliphatic heterocycles. The second-order valence-corrected chi connectivity index (χ2v) is 8.93. The highest BCUT2D eigenvalue weighted by molar-refractivity contribution is 7.15. The number of morpholine rings is 1. The number of thiazole rings is 1. The number of benzene rings is 1. The third-order valence-electron chi connectivity index (χ3n) is 5.78. The Morgan fingerprint density at radius 1 is 1.16 bits per heavy atom. The molecule has 10 heteroatoms. The zero-order valence-corrected chi connectivity index (χ0v) is 18.1. The number of nitrogens with one attached hydrogen (secondary N) is 2. The van der Waals surface area contributed by atoms with E-state index in [1.54, 1.807) is 17.5 Å². The summed E-state index contributed by atoms with van der Waals surface area (Å²) in [5.41, 5.74) is 4.36. The maximum absolute atomic E-state index is 11.9. The van der Waals surface area contributed by atoms with E-state index in [2.05, 4.69) is 30.5 Å². The molecule has 1 saturated heterocycles. The van der Waals surface area contributed by atoms with Gasteiger partial charge in [-0.2, -0.15) is 0 Å². The van der Waals surface area contributed by atoms with Crippen LogP contribution in [0.2, 0.25) is 0 Å². The third kappa shape index (κ3) is 3.52. The van der Waals surface area contributed by atoms with E-state index >= 15 is 0 Å². The van der Waals surface area contributed by atoms with E-state index < -0.39 is 0 Å². The van der Waals surface area contributed by atoms with Crippen LogP contribution in [-0.4, -0.2) is 56.5 Å². The summed E-state index contributed by atoms with van der Waals surface area (Å²) < 4.78 is 7.42. The predicted molar refractivity (Wildman–Crippen MR) is 121 cm³/mol. The summed E-state index contributed by atoms with van der Waals surface area (Å²) in [5, 5.41) is 6.99. The van der Waals surface area contributed by atoms with Crippen molar-refractivity contribution in [2.75, 3.05) is 31.6 Å². The number of nitrogens with zero attached hydrogens (tertiary/aromatic N) is 5. The van der Waals surface area contributed by atoms with Gasteiger partial charge in [0, 0.05) is 60.8 Å². The zero-order valence-electron chi connectivity index (χ0n) is 17.2. The lowest BCUT2D eigenvalue weighted by Crippen LogP contribution is -2.35. The van der Waals surface area contributed by atoms with E-state index in [1.807, 2.05) is 41.2 Å². The van der Waals surface area contributed by atoms with Gasteiger partial charge in [0.25, 0.3) is 5.91 Å². The number of anilines is 2. The minimum absolute atomic E-state index is 0.0200. The van der Waals surface area contributed by atoms with Crippen LogP contribution in [0.4, 0.5) is 10.9 Å². The van der Waals surface area contributed by atoms with E-state index in [0.717, 1.165) is 66.0 Å². The van der Waals surface area contributed by atoms with Crippen LogP contribution in [0.15, 0.2) is 43.0 Å². The lowest BCUT2D eigenvalue weighted by atomic mass is 10.0. The lowest BCUT2D eigenvalue weighted by Gasteiger charge is -2.25. The molecule has 0 bridgehead atoms. The quantitative estimate of drug-likeness (QED) is 0.486. The maximum atomic E-state index is 11.9. The Kier molecular flexibility index (Phi) is 4.82. The Labute approximate surface area is 188 Å². The van der Waals surface area contributed by atoms with Crippen LogP contribution >= 0.6 is 11.3 Å². The van der Waals surface area contributed by atoms with Crippen molar-refractivity contribution in [3.05, 3.63) is 59.0 Å². The van der Waals surface area contributed by atoms with Crippen LogP contribution < -0.4 is 10.6 Å². The summed E-state index contributed by atoms with van der Waals surface area (Å²) in [6.45, 7) is 4.91. The molecule has 1 aromatic carbocycles. The molecule has 2 N–H and O–H groups in total. The minimum Gasteiger partial charge on any atom is -0.379 e. The average Bonchev–Trinajstić information content (AvgIpc) is 3.56. The van der Waals surface area contributed by atoms with Gasteiger partial charge >= 0.3 is 0 Å². The summed E-state index contributed by atoms with van der Waals surface area (Å²) in [6.07, 6.45) is 7.42. The smallest absolute Gasteiger partial charge is 0.251 e. The Bertz CT molecular complexity index is 1310. The molecular formula is C22H21N7O2S. The van der Waals surface area contributed by atoms with E-state index in [0.29, 0.717) is 12.4 Å². The Morgan fingerprint density at radius 2 is 2.06 bits per heavy atom. The second-order valence-electron chi connectivity index (χ2n) is 7.81. The fourth-order valence-corrected chi connectivity index (χ4v) is 4.99. The molecule has 162 valence electrons. The van der Waals surface area contributed by atoms with Gasteiger partial charge in [-0.3, -0.25) is 14.1 Å². The highest BCUT2D eigenvalue weighted by Crippen LogP contribution is 2.29. The van der Waals surface area contributed by atoms with Gasteiger partial charge in [-0.25, -0.2) is 15.0 Å². The number of hydrogen-bond donors (Lipinski definition) is 2. The zero-order chi connectivity index (χ0) is 21.5. The number of carbonyl (C=O) groups excluding carboxylic acids is 1. The van der Waals surface area contributed by atoms with Gasteiger partial charge < -0.3 is 15.4 Å². The molecule has 1 amide bonds. The first-order chi connectivity index (χ1) is 15.7. The van der Waals surface area contributed by atoms with Gasteiger partial charge in [0.1, 0.15) is 0 Å². The van der Waals surface area contributed by atoms with Crippen LogP contribution in [0.1, 0.15) is 20.8 Å². The van der Waals surface area contributed by atoms with Gasteiger partial charge in [-0.1, -0.05) is 6.07 Å². The highest BCUT2D eigenvalue weighted by atomic mass is 32.1. The normalized spacial score (nSPS) is 16.3. The molecule has 3 aromatic heterocycles. The van der Waals surface area contributed by atoms with Crippen molar-refractivity contribution < 1.29 is 9.53 Å². The van der Waals surface area contributed by atoms with Crippen molar-refractivity contribution in [2.24, 2.45) is 0 Å². The summed E-state index contributed by atoms with van der Waals surface area (Å²) in [7, 11) is 0. The van der Waals surface area contributed by atoms with Gasteiger partial charge in [0.05, 0.1) is 25.1 Å². The third-order valence-corrected chi connectivity index (χ3v) is 6.67. The molecule has 0 aliphatic carbocycles. The molecule has 9 nitrogen and oxygen atoms in total. The molecule has 1 fully saturated rings. The molecule has 0 unspecified atom stereocenters. The molecule has 2 aliphatic rings. The van der Waals surface area contributed by atoms with Crippen molar-refractivity contribution >= 4 is 33.8 Å². The van der Waals surface area contributed by atoms with Crippen molar-refractivity contribution in [3.8, 4) is 11.3 Å². The largest absolute Gasteiger partial charge is 0.379 e. The molecule has 4 aromatic rings. The standard InChI is InChI=1S/C22H21N7O2S/c30-21-17-2-1-14(9-15(17)10-25-21)18-12-24-19(20-23-3-4-29(18)20)27-22-26-11-16(32-22)13-28-5-7-31-8-6-28/h1-4,9,11-12H,5-8,10,13H2,(H,25,30)(H,24,26,27). The molecule has 5 heterocycles. The van der Waals surface area contributed by atoms with Crippen molar-refractivity contribution in [1.82, 2.24) is 29.6 Å². The number of aromatic nitrogens is 4. The first-order valence-corrected chi connectivity index (χ1v) is 11.3. The van der Waals surface area contributed by atoms with Gasteiger partial charge in [0.15, 0.2) is 16.6 Å². The van der Waals surface area contributed by atoms with E-state index in [1.165, 1.54) is 4.88 Å². The Hall–Kier alpha value is -3.34. The summed E-state index contributed by atoms with van der Waals surface area (Å²) >= 11 is 1.63. The van der Waals surface area contributed by atoms with E-state index in [9.17, 15) is 4.79 Å². The summed E-state index contributed by atoms with van der Waals surface area (Å²) in [6, 6.07) is 5.86. The fourth-order valence-electron chi connectivity index (χ4n) is 4.13. The molecule has 0 atom stereocenters. The molecule has 0 saturated carbocycles. The molecular weight excluding hydrogens is 426 g/mol. The highest BCUT2D eigenvalue weighted by Gasteiger charge is 2.20. The van der Waals surface area contributed by atoms with Crippen molar-refractivity contribution in [1.29, 1.82) is 0 Å². The topological polar surface area (TPSA) is 96.7 Å². The number of ether oxygens (including phenoxy) is 1. The second kappa shape index (κ2) is 7.97. The molecule has 0 radical (unpaired) electrons. The SMILES string of the molecule is O=C1NCc2cc(-c3cnc(Nc4ncc(CN5CCOCC5)s4)c4nccn34)ccc21. The minimum atomic E-state index is -0.0200. The summed E-state index contributed by atoms with van der Waals surface area (Å²) in [5.74, 6) is 0.637. The van der Waals surface area contributed by atoms with E-state index in [-0.39, 0.29) is 5.91 Å². The van der Waals surface area contributed by atoms with Crippen molar-refractivity contribution in [2.45, 2.75) is 13.1 Å². The number of rotatable bonds is 5. The number of fused-ring (bicyclic) bond motifs is 2. The fraction of sp³-hybridized carbons (Fsp3) is 0.273. The van der Waals surface area contributed by atoms with Gasteiger partial charge in [-0.15, -0.1) is 11.3 Å². The molecule has 32 heavy (non-hydrogen) atoms. The van der Waals surface area contributed by atoms with Crippen LogP contribution in [0.25, 0.3) is 16.9 Å². The predicted octanol–water partition coefficient (Wildman–Crippen LogP) is 2.67. The monoisotopic (exact) mass is 447 g/mol. The van der Waals surface area contributed by atoms with E-state index in [4.69, 9.17) is 4.74 Å². The average molecular weight is 448 g/mol. The Morgan fingerprint density at radius 3 is 2.97 bits per heavy atom. The Balaban J connectivity index is 1.26. The first-order valence-electron chi connectivity index (χ1n) is 10.5. The number of imidazole rings is 1. The van der Waals surface area contributed by atoms with Gasteiger partial charge in [-0.05, 0) is 17.7 Å². The van der Waals surface area contributed by atoms with Crippen molar-refractivity contribution in [3.63, 3.8) is 0 Å². The number of amides is 1. The van der Waals surface area contributed by atoms with Crippen LogP contribution in [0.3, 0.4) is 0 Å². The molecule has 6 rings (SSSR count). The number of carbonyl (C=O) groups is 1. The van der Waals surface area contributed by atoms with Crippen LogP contribution in [-0.2, 0) is 17.8 Å². The number of hydrogen-bond acceptors (Lipinski definition) is 8. The maximum Gasteiger partial charge on any atom is 0.251 e. The van der Waals surface area contributed by atoms with Crippen LogP contribution in [0, 0.1) is 0 Å². The molecule has 0 spiro atoms.